The number of benzene rings is 1. The molecular formula is C13H20FNO2. The van der Waals surface area contributed by atoms with Gasteiger partial charge in [-0.25, -0.2) is 4.39 Å². The highest BCUT2D eigenvalue weighted by Gasteiger charge is 2.29. The molecule has 0 aliphatic rings. The number of halogens is 1. The van der Waals surface area contributed by atoms with Crippen LogP contribution in [0.1, 0.15) is 25.5 Å². The highest BCUT2D eigenvalue weighted by molar-refractivity contribution is 5.32. The minimum absolute atomic E-state index is 0.0899. The molecule has 0 aliphatic heterocycles. The summed E-state index contributed by atoms with van der Waals surface area (Å²) in [6.07, 6.45) is 0. The molecule has 3 nitrogen and oxygen atoms in total. The molecule has 1 aromatic carbocycles. The molecule has 17 heavy (non-hydrogen) atoms. The van der Waals surface area contributed by atoms with Crippen LogP contribution in [0.2, 0.25) is 0 Å². The van der Waals surface area contributed by atoms with Gasteiger partial charge in [0.05, 0.1) is 18.8 Å². The lowest BCUT2D eigenvalue weighted by Crippen LogP contribution is -2.39. The topological polar surface area (TPSA) is 30.5 Å². The Bertz CT molecular complexity index is 380. The van der Waals surface area contributed by atoms with Crippen LogP contribution < -0.4 is 10.1 Å². The van der Waals surface area contributed by atoms with Crippen molar-refractivity contribution in [2.75, 3.05) is 21.3 Å². The summed E-state index contributed by atoms with van der Waals surface area (Å²) < 4.78 is 24.0. The predicted octanol–water partition coefficient (Wildman–Crippen LogP) is 2.52. The van der Waals surface area contributed by atoms with E-state index in [9.17, 15) is 4.39 Å². The molecule has 1 aromatic rings. The maximum atomic E-state index is 13.6. The average Bonchev–Trinajstić information content (AvgIpc) is 2.30. The molecule has 0 aromatic heterocycles. The zero-order valence-corrected chi connectivity index (χ0v) is 11.0. The van der Waals surface area contributed by atoms with Gasteiger partial charge >= 0.3 is 0 Å². The van der Waals surface area contributed by atoms with Crippen molar-refractivity contribution in [3.8, 4) is 5.75 Å². The Hall–Kier alpha value is -1.13. The highest BCUT2D eigenvalue weighted by Crippen LogP contribution is 2.30. The van der Waals surface area contributed by atoms with Crippen molar-refractivity contribution in [2.45, 2.75) is 25.5 Å². The van der Waals surface area contributed by atoms with E-state index in [2.05, 4.69) is 5.32 Å². The minimum Gasteiger partial charge on any atom is -0.494 e. The molecule has 0 radical (unpaired) electrons. The van der Waals surface area contributed by atoms with Gasteiger partial charge in [-0.05, 0) is 38.6 Å². The first-order valence-corrected chi connectivity index (χ1v) is 5.52. The van der Waals surface area contributed by atoms with Gasteiger partial charge < -0.3 is 14.8 Å². The SMILES string of the molecule is CNC(c1ccc(OC)c(F)c1)C(C)(C)OC. The summed E-state index contributed by atoms with van der Waals surface area (Å²) in [5.74, 6) is -0.115. The van der Waals surface area contributed by atoms with Crippen LogP contribution in [0.15, 0.2) is 18.2 Å². The summed E-state index contributed by atoms with van der Waals surface area (Å²) in [4.78, 5) is 0. The average molecular weight is 241 g/mol. The van der Waals surface area contributed by atoms with Gasteiger partial charge in [0.1, 0.15) is 0 Å². The van der Waals surface area contributed by atoms with Gasteiger partial charge in [-0.2, -0.15) is 0 Å². The van der Waals surface area contributed by atoms with E-state index in [0.717, 1.165) is 5.56 Å². The second kappa shape index (κ2) is 5.47. The molecular weight excluding hydrogens is 221 g/mol. The number of rotatable bonds is 5. The van der Waals surface area contributed by atoms with E-state index >= 15 is 0 Å². The van der Waals surface area contributed by atoms with Crippen LogP contribution in [-0.4, -0.2) is 26.9 Å². The predicted molar refractivity (Wildman–Crippen MR) is 65.8 cm³/mol. The van der Waals surface area contributed by atoms with Gasteiger partial charge in [-0.3, -0.25) is 0 Å². The largest absolute Gasteiger partial charge is 0.494 e. The third kappa shape index (κ3) is 2.96. The van der Waals surface area contributed by atoms with Crippen molar-refractivity contribution in [3.63, 3.8) is 0 Å². The summed E-state index contributed by atoms with van der Waals surface area (Å²) in [6.45, 7) is 3.91. The van der Waals surface area contributed by atoms with Gasteiger partial charge in [0.15, 0.2) is 11.6 Å². The van der Waals surface area contributed by atoms with Crippen LogP contribution in [0, 0.1) is 5.82 Å². The molecule has 0 saturated heterocycles. The second-order valence-electron chi connectivity index (χ2n) is 4.42. The van der Waals surface area contributed by atoms with Crippen molar-refractivity contribution in [3.05, 3.63) is 29.6 Å². The van der Waals surface area contributed by atoms with E-state index < -0.39 is 5.60 Å². The smallest absolute Gasteiger partial charge is 0.165 e. The zero-order chi connectivity index (χ0) is 13.1. The van der Waals surface area contributed by atoms with E-state index in [0.29, 0.717) is 0 Å². The van der Waals surface area contributed by atoms with Gasteiger partial charge in [0.25, 0.3) is 0 Å². The van der Waals surface area contributed by atoms with Crippen LogP contribution in [0.4, 0.5) is 4.39 Å². The molecule has 1 N–H and O–H groups in total. The molecule has 1 unspecified atom stereocenters. The fourth-order valence-corrected chi connectivity index (χ4v) is 1.90. The monoisotopic (exact) mass is 241 g/mol. The summed E-state index contributed by atoms with van der Waals surface area (Å²) in [6, 6.07) is 4.85. The second-order valence-corrected chi connectivity index (χ2v) is 4.42. The van der Waals surface area contributed by atoms with Gasteiger partial charge in [0.2, 0.25) is 0 Å². The van der Waals surface area contributed by atoms with Crippen LogP contribution in [-0.2, 0) is 4.74 Å². The van der Waals surface area contributed by atoms with E-state index in [-0.39, 0.29) is 17.6 Å². The Morgan fingerprint density at radius 3 is 2.35 bits per heavy atom. The van der Waals surface area contributed by atoms with Crippen LogP contribution in [0.3, 0.4) is 0 Å². The van der Waals surface area contributed by atoms with Crippen LogP contribution >= 0.6 is 0 Å². The third-order valence-corrected chi connectivity index (χ3v) is 3.02. The Morgan fingerprint density at radius 1 is 1.29 bits per heavy atom. The normalized spacial score (nSPS) is 13.5. The van der Waals surface area contributed by atoms with E-state index in [1.54, 1.807) is 13.2 Å². The first-order chi connectivity index (χ1) is 7.96. The highest BCUT2D eigenvalue weighted by atomic mass is 19.1. The van der Waals surface area contributed by atoms with Gasteiger partial charge in [-0.15, -0.1) is 0 Å². The Kier molecular flexibility index (Phi) is 4.48. The molecule has 1 rings (SSSR count). The van der Waals surface area contributed by atoms with E-state index in [4.69, 9.17) is 9.47 Å². The van der Waals surface area contributed by atoms with E-state index in [1.165, 1.54) is 13.2 Å². The molecule has 0 saturated carbocycles. The number of nitrogens with one attached hydrogen (secondary N) is 1. The minimum atomic E-state index is -0.421. The Labute approximate surface area is 102 Å². The van der Waals surface area contributed by atoms with Crippen molar-refractivity contribution in [1.29, 1.82) is 0 Å². The molecule has 4 heteroatoms. The number of hydrogen-bond acceptors (Lipinski definition) is 3. The Balaban J connectivity index is 3.09. The van der Waals surface area contributed by atoms with Crippen LogP contribution in [0.25, 0.3) is 0 Å². The lowest BCUT2D eigenvalue weighted by molar-refractivity contribution is -0.00906. The first kappa shape index (κ1) is 13.9. The lowest BCUT2D eigenvalue weighted by Gasteiger charge is -2.33. The maximum Gasteiger partial charge on any atom is 0.165 e. The number of likely N-dealkylation sites (N-methyl/N-ethyl adjacent to an activating group) is 1. The zero-order valence-electron chi connectivity index (χ0n) is 11.0. The molecule has 0 spiro atoms. The van der Waals surface area contributed by atoms with Crippen molar-refractivity contribution < 1.29 is 13.9 Å². The fraction of sp³-hybridized carbons (Fsp3) is 0.538. The van der Waals surface area contributed by atoms with E-state index in [1.807, 2.05) is 27.0 Å². The summed E-state index contributed by atoms with van der Waals surface area (Å²) >= 11 is 0. The fourth-order valence-electron chi connectivity index (χ4n) is 1.90. The van der Waals surface area contributed by atoms with Gasteiger partial charge in [0, 0.05) is 7.11 Å². The molecule has 0 aliphatic carbocycles. The molecule has 0 heterocycles. The molecule has 0 amide bonds. The standard InChI is InChI=1S/C13H20FNO2/c1-13(2,17-5)12(15-3)9-6-7-11(16-4)10(14)8-9/h6-8,12,15H,1-5H3. The maximum absolute atomic E-state index is 13.6. The summed E-state index contributed by atoms with van der Waals surface area (Å²) in [7, 11) is 4.92. The van der Waals surface area contributed by atoms with Crippen LogP contribution in [0.5, 0.6) is 5.75 Å². The lowest BCUT2D eigenvalue weighted by atomic mass is 9.91. The van der Waals surface area contributed by atoms with Gasteiger partial charge in [-0.1, -0.05) is 6.07 Å². The molecule has 96 valence electrons. The molecule has 0 fully saturated rings. The molecule has 0 bridgehead atoms. The van der Waals surface area contributed by atoms with Crippen molar-refractivity contribution in [1.82, 2.24) is 5.32 Å². The molecule has 1 atom stereocenters. The number of hydrogen-bond donors (Lipinski definition) is 1. The summed E-state index contributed by atoms with van der Waals surface area (Å²) in [5.41, 5.74) is 0.410. The number of ether oxygens (including phenoxy) is 2. The third-order valence-electron chi connectivity index (χ3n) is 3.02. The Morgan fingerprint density at radius 2 is 1.94 bits per heavy atom. The van der Waals surface area contributed by atoms with Crippen molar-refractivity contribution >= 4 is 0 Å². The number of methoxy groups -OCH3 is 2. The summed E-state index contributed by atoms with van der Waals surface area (Å²) in [5, 5.41) is 3.14. The first-order valence-electron chi connectivity index (χ1n) is 5.52. The van der Waals surface area contributed by atoms with Crippen molar-refractivity contribution in [2.24, 2.45) is 0 Å². The quantitative estimate of drug-likeness (QED) is 0.859.